The second-order valence-electron chi connectivity index (χ2n) is 6.31. The zero-order valence-corrected chi connectivity index (χ0v) is 16.2. The number of anilines is 3. The Kier molecular flexibility index (Phi) is 4.30. The molecule has 29 heavy (non-hydrogen) atoms. The summed E-state index contributed by atoms with van der Waals surface area (Å²) in [6.07, 6.45) is 5.68. The second-order valence-corrected chi connectivity index (χ2v) is 7.34. The average molecular weight is 404 g/mol. The molecule has 0 bridgehead atoms. The number of methoxy groups -OCH3 is 1. The van der Waals surface area contributed by atoms with Crippen LogP contribution in [0, 0.1) is 0 Å². The highest BCUT2D eigenvalue weighted by atomic mass is 32.1. The largest absolute Gasteiger partial charge is 0.497 e. The van der Waals surface area contributed by atoms with Gasteiger partial charge in [-0.3, -0.25) is 4.98 Å². The predicted octanol–water partition coefficient (Wildman–Crippen LogP) is 4.01. The van der Waals surface area contributed by atoms with E-state index < -0.39 is 6.23 Å². The third-order valence-corrected chi connectivity index (χ3v) is 5.72. The molecule has 5 rings (SSSR count). The minimum absolute atomic E-state index is 0.628. The van der Waals surface area contributed by atoms with E-state index in [1.165, 1.54) is 17.7 Å². The number of aromatic nitrogens is 3. The molecule has 0 radical (unpaired) electrons. The monoisotopic (exact) mass is 404 g/mol. The fraction of sp³-hybridized carbons (Fsp3) is 0.100. The van der Waals surface area contributed by atoms with Gasteiger partial charge < -0.3 is 20.1 Å². The minimum Gasteiger partial charge on any atom is -0.497 e. The lowest BCUT2D eigenvalue weighted by atomic mass is 10.2. The highest BCUT2D eigenvalue weighted by molar-refractivity contribution is 7.19. The van der Waals surface area contributed by atoms with Crippen molar-refractivity contribution in [1.82, 2.24) is 15.0 Å². The summed E-state index contributed by atoms with van der Waals surface area (Å²) in [6, 6.07) is 11.2. The van der Waals surface area contributed by atoms with E-state index in [4.69, 9.17) is 4.74 Å². The van der Waals surface area contributed by atoms with E-state index in [0.717, 1.165) is 27.3 Å². The fourth-order valence-electron chi connectivity index (χ4n) is 3.18. The highest BCUT2D eigenvalue weighted by Crippen LogP contribution is 2.46. The maximum atomic E-state index is 11.0. The number of nitrogens with one attached hydrogen (secondary N) is 1. The molecule has 4 heterocycles. The first-order valence-corrected chi connectivity index (χ1v) is 9.65. The van der Waals surface area contributed by atoms with Gasteiger partial charge in [-0.1, -0.05) is 0 Å². The lowest BCUT2D eigenvalue weighted by Crippen LogP contribution is -2.28. The standard InChI is InChI=1S/C20H16N6O2S/c1-28-14-6-4-13(5-7-14)26-11-24-16-15-18(25-12-3-2-8-21-9-12)22-10-23-19(15)29-17(16)20(26)27/h2-11,20,27H,1H3,(H,22,23,25). The Labute approximate surface area is 170 Å². The number of rotatable bonds is 4. The van der Waals surface area contributed by atoms with Gasteiger partial charge in [0, 0.05) is 11.9 Å². The first kappa shape index (κ1) is 17.5. The summed E-state index contributed by atoms with van der Waals surface area (Å²) in [6.45, 7) is 0. The summed E-state index contributed by atoms with van der Waals surface area (Å²) in [5.41, 5.74) is 2.30. The summed E-state index contributed by atoms with van der Waals surface area (Å²) in [5, 5.41) is 15.1. The van der Waals surface area contributed by atoms with Gasteiger partial charge in [0.1, 0.15) is 22.7 Å². The Hall–Kier alpha value is -3.56. The lowest BCUT2D eigenvalue weighted by Gasteiger charge is -2.28. The van der Waals surface area contributed by atoms with Crippen LogP contribution < -0.4 is 15.0 Å². The van der Waals surface area contributed by atoms with Crippen molar-refractivity contribution in [3.05, 3.63) is 60.0 Å². The molecule has 2 N–H and O–H groups in total. The summed E-state index contributed by atoms with van der Waals surface area (Å²) in [7, 11) is 1.62. The number of aliphatic imine (C=N–C) groups is 1. The number of nitrogens with zero attached hydrogens (tertiary/aromatic N) is 5. The summed E-state index contributed by atoms with van der Waals surface area (Å²) < 4.78 is 5.20. The highest BCUT2D eigenvalue weighted by Gasteiger charge is 2.29. The quantitative estimate of drug-likeness (QED) is 0.530. The molecule has 0 spiro atoms. The normalized spacial score (nSPS) is 15.4. The molecule has 3 aromatic heterocycles. The maximum absolute atomic E-state index is 11.0. The van der Waals surface area contributed by atoms with Crippen LogP contribution in [0.5, 0.6) is 5.75 Å². The van der Waals surface area contributed by atoms with Crippen LogP contribution in [0.25, 0.3) is 10.2 Å². The van der Waals surface area contributed by atoms with Crippen molar-refractivity contribution in [3.63, 3.8) is 0 Å². The molecule has 1 unspecified atom stereocenters. The third kappa shape index (κ3) is 3.06. The van der Waals surface area contributed by atoms with Gasteiger partial charge in [0.15, 0.2) is 6.23 Å². The lowest BCUT2D eigenvalue weighted by molar-refractivity contribution is 0.192. The molecular weight excluding hydrogens is 388 g/mol. The van der Waals surface area contributed by atoms with Crippen molar-refractivity contribution >= 4 is 50.8 Å². The van der Waals surface area contributed by atoms with E-state index >= 15 is 0 Å². The molecule has 0 fully saturated rings. The third-order valence-electron chi connectivity index (χ3n) is 4.59. The fourth-order valence-corrected chi connectivity index (χ4v) is 4.25. The molecule has 1 aliphatic heterocycles. The number of hydrogen-bond donors (Lipinski definition) is 2. The van der Waals surface area contributed by atoms with Crippen molar-refractivity contribution in [2.75, 3.05) is 17.3 Å². The summed E-state index contributed by atoms with van der Waals surface area (Å²) >= 11 is 1.40. The first-order valence-electron chi connectivity index (χ1n) is 8.83. The molecule has 8 nitrogen and oxygen atoms in total. The smallest absolute Gasteiger partial charge is 0.169 e. The number of ether oxygens (including phenoxy) is 1. The Morgan fingerprint density at radius 1 is 1.17 bits per heavy atom. The van der Waals surface area contributed by atoms with Crippen LogP contribution in [0.15, 0.2) is 60.1 Å². The van der Waals surface area contributed by atoms with Crippen LogP contribution in [-0.4, -0.2) is 33.5 Å². The molecule has 1 aliphatic rings. The summed E-state index contributed by atoms with van der Waals surface area (Å²) in [4.78, 5) is 20.7. The second kappa shape index (κ2) is 7.12. The van der Waals surface area contributed by atoms with Gasteiger partial charge in [0.25, 0.3) is 0 Å². The van der Waals surface area contributed by atoms with Crippen LogP contribution in [0.3, 0.4) is 0 Å². The zero-order valence-electron chi connectivity index (χ0n) is 15.4. The molecule has 9 heteroatoms. The average Bonchev–Trinajstić information content (AvgIpc) is 3.16. The Morgan fingerprint density at radius 3 is 2.79 bits per heavy atom. The number of pyridine rings is 1. The molecule has 1 aromatic carbocycles. The van der Waals surface area contributed by atoms with E-state index in [-0.39, 0.29) is 0 Å². The molecule has 0 aliphatic carbocycles. The van der Waals surface area contributed by atoms with Gasteiger partial charge in [0.2, 0.25) is 0 Å². The minimum atomic E-state index is -0.874. The van der Waals surface area contributed by atoms with Gasteiger partial charge in [-0.05, 0) is 36.4 Å². The number of aliphatic hydroxyl groups is 1. The Bertz CT molecular complexity index is 1190. The summed E-state index contributed by atoms with van der Waals surface area (Å²) in [5.74, 6) is 1.38. The van der Waals surface area contributed by atoms with Gasteiger partial charge in [-0.15, -0.1) is 11.3 Å². The maximum Gasteiger partial charge on any atom is 0.169 e. The molecule has 0 saturated heterocycles. The van der Waals surface area contributed by atoms with E-state index in [1.54, 1.807) is 30.7 Å². The number of fused-ring (bicyclic) bond motifs is 3. The molecule has 0 saturated carbocycles. The number of thiophene rings is 1. The van der Waals surface area contributed by atoms with Crippen LogP contribution in [0.2, 0.25) is 0 Å². The van der Waals surface area contributed by atoms with E-state index in [2.05, 4.69) is 25.3 Å². The van der Waals surface area contributed by atoms with E-state index in [9.17, 15) is 5.11 Å². The van der Waals surface area contributed by atoms with Crippen molar-refractivity contribution in [1.29, 1.82) is 0 Å². The Balaban J connectivity index is 1.55. The molecular formula is C20H16N6O2S. The van der Waals surface area contributed by atoms with Crippen molar-refractivity contribution in [3.8, 4) is 5.75 Å². The molecule has 4 aromatic rings. The SMILES string of the molecule is COc1ccc(N2C=Nc3c(sc4ncnc(Nc5cccnc5)c34)C2O)cc1. The van der Waals surface area contributed by atoms with Crippen LogP contribution >= 0.6 is 11.3 Å². The number of aliphatic hydroxyl groups excluding tert-OH is 1. The van der Waals surface area contributed by atoms with Crippen LogP contribution in [-0.2, 0) is 0 Å². The predicted molar refractivity (Wildman–Crippen MR) is 114 cm³/mol. The number of hydrogen-bond acceptors (Lipinski definition) is 9. The van der Waals surface area contributed by atoms with Gasteiger partial charge >= 0.3 is 0 Å². The van der Waals surface area contributed by atoms with Crippen LogP contribution in [0.1, 0.15) is 11.1 Å². The van der Waals surface area contributed by atoms with Gasteiger partial charge in [-0.25, -0.2) is 15.0 Å². The van der Waals surface area contributed by atoms with Crippen molar-refractivity contribution < 1.29 is 9.84 Å². The number of benzene rings is 1. The van der Waals surface area contributed by atoms with Crippen molar-refractivity contribution in [2.45, 2.75) is 6.23 Å². The first-order chi connectivity index (χ1) is 14.2. The van der Waals surface area contributed by atoms with Crippen LogP contribution in [0.4, 0.5) is 22.9 Å². The molecule has 1 atom stereocenters. The molecule has 0 amide bonds. The van der Waals surface area contributed by atoms with Crippen molar-refractivity contribution in [2.24, 2.45) is 4.99 Å². The Morgan fingerprint density at radius 2 is 2.03 bits per heavy atom. The van der Waals surface area contributed by atoms with E-state index in [0.29, 0.717) is 16.4 Å². The van der Waals surface area contributed by atoms with E-state index in [1.807, 2.05) is 36.4 Å². The molecule has 144 valence electrons. The van der Waals surface area contributed by atoms with Gasteiger partial charge in [-0.2, -0.15) is 0 Å². The zero-order chi connectivity index (χ0) is 19.8. The topological polar surface area (TPSA) is 95.8 Å². The van der Waals surface area contributed by atoms with Gasteiger partial charge in [0.05, 0.1) is 41.3 Å².